The Labute approximate surface area is 131 Å². The molecule has 6 N–H and O–H groups in total. The SMILES string of the molecule is O=C1NC2CSC(NCCOP(=O)(O)OCC(O)CO)C2N1. The summed E-state index contributed by atoms with van der Waals surface area (Å²) in [5, 5.41) is 26.3. The van der Waals surface area contributed by atoms with Crippen LogP contribution < -0.4 is 16.0 Å². The first-order chi connectivity index (χ1) is 10.4. The molecule has 22 heavy (non-hydrogen) atoms. The van der Waals surface area contributed by atoms with E-state index in [2.05, 4.69) is 20.5 Å². The van der Waals surface area contributed by atoms with Crippen LogP contribution in [0.25, 0.3) is 0 Å². The molecule has 2 heterocycles. The largest absolute Gasteiger partial charge is 0.472 e. The van der Waals surface area contributed by atoms with Gasteiger partial charge < -0.3 is 31.1 Å². The highest BCUT2D eigenvalue weighted by molar-refractivity contribution is 8.00. The Bertz CT molecular complexity index is 443. The van der Waals surface area contributed by atoms with E-state index in [4.69, 9.17) is 14.7 Å². The topological polar surface area (TPSA) is 149 Å². The first-order valence-corrected chi connectivity index (χ1v) is 9.28. The highest BCUT2D eigenvalue weighted by atomic mass is 32.2. The summed E-state index contributed by atoms with van der Waals surface area (Å²) in [5.41, 5.74) is 0. The van der Waals surface area contributed by atoms with Crippen molar-refractivity contribution in [3.05, 3.63) is 0 Å². The molecule has 0 bridgehead atoms. The molecule has 2 rings (SSSR count). The van der Waals surface area contributed by atoms with Crippen molar-refractivity contribution in [1.29, 1.82) is 0 Å². The third-order valence-electron chi connectivity index (χ3n) is 3.17. The summed E-state index contributed by atoms with van der Waals surface area (Å²) in [4.78, 5) is 20.6. The van der Waals surface area contributed by atoms with Crippen molar-refractivity contribution in [1.82, 2.24) is 16.0 Å². The molecule has 0 aliphatic carbocycles. The normalized spacial score (nSPS) is 31.2. The molecule has 12 heteroatoms. The van der Waals surface area contributed by atoms with Gasteiger partial charge in [0.25, 0.3) is 0 Å². The summed E-state index contributed by atoms with van der Waals surface area (Å²) in [6, 6.07) is -0.119. The molecule has 2 amide bonds. The van der Waals surface area contributed by atoms with Gasteiger partial charge in [0.1, 0.15) is 6.10 Å². The Balaban J connectivity index is 1.62. The molecular weight excluding hydrogens is 337 g/mol. The van der Waals surface area contributed by atoms with E-state index in [9.17, 15) is 14.3 Å². The zero-order valence-electron chi connectivity index (χ0n) is 11.7. The van der Waals surface area contributed by atoms with Crippen molar-refractivity contribution < 1.29 is 33.5 Å². The van der Waals surface area contributed by atoms with Gasteiger partial charge in [-0.05, 0) is 0 Å². The van der Waals surface area contributed by atoms with Gasteiger partial charge in [-0.1, -0.05) is 0 Å². The highest BCUT2D eigenvalue weighted by Gasteiger charge is 2.42. The molecule has 0 saturated carbocycles. The van der Waals surface area contributed by atoms with Crippen LogP contribution in [0.3, 0.4) is 0 Å². The number of hydrogen-bond acceptors (Lipinski definition) is 8. The minimum Gasteiger partial charge on any atom is -0.394 e. The summed E-state index contributed by atoms with van der Waals surface area (Å²) >= 11 is 1.64. The van der Waals surface area contributed by atoms with Crippen LogP contribution in [0.2, 0.25) is 0 Å². The summed E-state index contributed by atoms with van der Waals surface area (Å²) < 4.78 is 20.7. The van der Waals surface area contributed by atoms with Crippen LogP contribution in [0.4, 0.5) is 4.79 Å². The molecule has 2 aliphatic rings. The average Bonchev–Trinajstić information content (AvgIpc) is 3.01. The van der Waals surface area contributed by atoms with Crippen molar-refractivity contribution in [3.8, 4) is 0 Å². The molecule has 2 aliphatic heterocycles. The van der Waals surface area contributed by atoms with Gasteiger partial charge in [-0.15, -0.1) is 11.8 Å². The maximum absolute atomic E-state index is 11.5. The van der Waals surface area contributed by atoms with Crippen LogP contribution in [-0.2, 0) is 13.6 Å². The van der Waals surface area contributed by atoms with Crippen LogP contribution in [0.5, 0.6) is 0 Å². The number of aliphatic hydroxyl groups is 2. The van der Waals surface area contributed by atoms with E-state index >= 15 is 0 Å². The lowest BCUT2D eigenvalue weighted by Crippen LogP contribution is -2.45. The smallest absolute Gasteiger partial charge is 0.394 e. The van der Waals surface area contributed by atoms with Crippen molar-refractivity contribution in [2.24, 2.45) is 0 Å². The number of amides is 2. The van der Waals surface area contributed by atoms with Gasteiger partial charge in [-0.25, -0.2) is 9.36 Å². The number of carbonyl (C=O) groups excluding carboxylic acids is 1. The minimum absolute atomic E-state index is 0.00255. The van der Waals surface area contributed by atoms with Gasteiger partial charge in [0.2, 0.25) is 0 Å². The van der Waals surface area contributed by atoms with Gasteiger partial charge >= 0.3 is 13.9 Å². The van der Waals surface area contributed by atoms with E-state index in [-0.39, 0.29) is 30.1 Å². The van der Waals surface area contributed by atoms with Crippen molar-refractivity contribution in [2.75, 3.05) is 32.1 Å². The van der Waals surface area contributed by atoms with E-state index in [0.29, 0.717) is 6.54 Å². The second kappa shape index (κ2) is 7.93. The lowest BCUT2D eigenvalue weighted by atomic mass is 10.2. The first kappa shape index (κ1) is 18.0. The standard InChI is InChI=1S/C10H20N3O7PS/c14-3-6(15)4-20-21(17,18)19-2-1-11-9-8-7(5-22-9)12-10(16)13-8/h6-9,11,14-15H,1-5H2,(H,17,18)(H2,12,13,16). The van der Waals surface area contributed by atoms with E-state index < -0.39 is 27.1 Å². The van der Waals surface area contributed by atoms with Gasteiger partial charge in [-0.2, -0.15) is 0 Å². The quantitative estimate of drug-likeness (QED) is 0.159. The Morgan fingerprint density at radius 3 is 2.95 bits per heavy atom. The monoisotopic (exact) mass is 357 g/mol. The van der Waals surface area contributed by atoms with Crippen LogP contribution in [0, 0.1) is 0 Å². The number of thioether (sulfide) groups is 1. The van der Waals surface area contributed by atoms with Gasteiger partial charge in [-0.3, -0.25) is 9.05 Å². The number of phosphoric acid groups is 1. The van der Waals surface area contributed by atoms with Gasteiger partial charge in [0, 0.05) is 12.3 Å². The lowest BCUT2D eigenvalue weighted by molar-refractivity contribution is 0.0364. The number of fused-ring (bicyclic) bond motifs is 1. The number of nitrogens with one attached hydrogen (secondary N) is 3. The molecule has 0 aromatic rings. The van der Waals surface area contributed by atoms with E-state index in [1.54, 1.807) is 11.8 Å². The van der Waals surface area contributed by atoms with E-state index in [1.165, 1.54) is 0 Å². The highest BCUT2D eigenvalue weighted by Crippen LogP contribution is 2.42. The minimum atomic E-state index is -4.25. The predicted molar refractivity (Wildman–Crippen MR) is 78.3 cm³/mol. The molecule has 0 spiro atoms. The zero-order valence-corrected chi connectivity index (χ0v) is 13.4. The van der Waals surface area contributed by atoms with Crippen molar-refractivity contribution >= 4 is 25.6 Å². The predicted octanol–water partition coefficient (Wildman–Crippen LogP) is -1.81. The molecule has 0 aromatic heterocycles. The Morgan fingerprint density at radius 1 is 1.45 bits per heavy atom. The number of aliphatic hydroxyl groups excluding tert-OH is 2. The maximum atomic E-state index is 11.5. The molecule has 0 aromatic carbocycles. The van der Waals surface area contributed by atoms with Crippen LogP contribution in [-0.4, -0.2) is 76.8 Å². The number of hydrogen-bond donors (Lipinski definition) is 6. The fraction of sp³-hybridized carbons (Fsp3) is 0.900. The molecule has 5 atom stereocenters. The first-order valence-electron chi connectivity index (χ1n) is 6.74. The molecular formula is C10H20N3O7PS. The van der Waals surface area contributed by atoms with Crippen LogP contribution >= 0.6 is 19.6 Å². The number of urea groups is 1. The summed E-state index contributed by atoms with van der Waals surface area (Å²) in [6.45, 7) is -0.827. The molecule has 0 radical (unpaired) electrons. The third-order valence-corrected chi connectivity index (χ3v) is 5.53. The van der Waals surface area contributed by atoms with Crippen molar-refractivity contribution in [3.63, 3.8) is 0 Å². The van der Waals surface area contributed by atoms with Gasteiger partial charge in [0.15, 0.2) is 0 Å². The average molecular weight is 357 g/mol. The summed E-state index contributed by atoms with van der Waals surface area (Å²) in [7, 11) is -4.25. The number of rotatable bonds is 9. The zero-order chi connectivity index (χ0) is 16.2. The Hall–Kier alpha value is -0.390. The third kappa shape index (κ3) is 5.07. The second-order valence-corrected chi connectivity index (χ2v) is 7.52. The Kier molecular flexibility index (Phi) is 6.47. The summed E-state index contributed by atoms with van der Waals surface area (Å²) in [5.74, 6) is 0.794. The fourth-order valence-electron chi connectivity index (χ4n) is 2.11. The molecule has 2 saturated heterocycles. The molecule has 10 nitrogen and oxygen atoms in total. The van der Waals surface area contributed by atoms with E-state index in [0.717, 1.165) is 5.75 Å². The lowest BCUT2D eigenvalue weighted by Gasteiger charge is -2.19. The fourth-order valence-corrected chi connectivity index (χ4v) is 4.28. The molecule has 128 valence electrons. The molecule has 2 fully saturated rings. The van der Waals surface area contributed by atoms with Gasteiger partial charge in [0.05, 0.1) is 37.3 Å². The summed E-state index contributed by atoms with van der Waals surface area (Å²) in [6.07, 6.45) is -1.23. The number of carbonyl (C=O) groups is 1. The van der Waals surface area contributed by atoms with E-state index in [1.807, 2.05) is 0 Å². The Morgan fingerprint density at radius 2 is 2.23 bits per heavy atom. The van der Waals surface area contributed by atoms with Crippen LogP contribution in [0.15, 0.2) is 0 Å². The number of phosphoric ester groups is 1. The maximum Gasteiger partial charge on any atom is 0.472 e. The molecule has 5 unspecified atom stereocenters. The van der Waals surface area contributed by atoms with Crippen molar-refractivity contribution in [2.45, 2.75) is 23.6 Å². The second-order valence-electron chi connectivity index (χ2n) is 4.89. The van der Waals surface area contributed by atoms with Crippen LogP contribution in [0.1, 0.15) is 0 Å².